The van der Waals surface area contributed by atoms with Crippen LogP contribution in [-0.2, 0) is 19.2 Å². The molecule has 4 N–H and O–H groups in total. The highest BCUT2D eigenvalue weighted by atomic mass is 16.6. The first-order chi connectivity index (χ1) is 15.2. The van der Waals surface area contributed by atoms with Crippen LogP contribution < -0.4 is 10.8 Å². The quantitative estimate of drug-likeness (QED) is 0.417. The maximum Gasteiger partial charge on any atom is 0.307 e. The Labute approximate surface area is 190 Å². The summed E-state index contributed by atoms with van der Waals surface area (Å²) in [4.78, 5) is 41.6. The molecule has 3 rings (SSSR count). The lowest BCUT2D eigenvalue weighted by atomic mass is 9.74. The van der Waals surface area contributed by atoms with Crippen LogP contribution in [0.4, 0.5) is 0 Å². The van der Waals surface area contributed by atoms with Crippen molar-refractivity contribution < 1.29 is 29.4 Å². The first-order valence-corrected chi connectivity index (χ1v) is 12.4. The second-order valence-corrected chi connectivity index (χ2v) is 10.6. The number of carboxylic acids is 2. The molecular formula is C24H40N2O6. The summed E-state index contributed by atoms with van der Waals surface area (Å²) in [7, 11) is 0. The molecule has 0 spiro atoms. The van der Waals surface area contributed by atoms with E-state index in [0.29, 0.717) is 31.3 Å². The van der Waals surface area contributed by atoms with Gasteiger partial charge in [-0.1, -0.05) is 13.8 Å². The maximum atomic E-state index is 12.8. The van der Waals surface area contributed by atoms with Gasteiger partial charge in [0.2, 0.25) is 5.91 Å². The molecule has 182 valence electrons. The Morgan fingerprint density at radius 2 is 1.31 bits per heavy atom. The zero-order valence-electron chi connectivity index (χ0n) is 19.4. The van der Waals surface area contributed by atoms with Gasteiger partial charge < -0.3 is 20.4 Å². The Balaban J connectivity index is 1.39. The topological polar surface area (TPSA) is 125 Å². The summed E-state index contributed by atoms with van der Waals surface area (Å²) in [6.07, 6.45) is 8.02. The van der Waals surface area contributed by atoms with Crippen molar-refractivity contribution in [3.63, 3.8) is 0 Å². The molecule has 8 nitrogen and oxygen atoms in total. The standard InChI is InChI=1S/C24H40N2O6/c1-14-3-9-19(23(28)29)16(11-14)13-32-26-18-7-5-17(6-8-18)25-22(27)21-12-15(2)4-10-20(21)24(30)31/h14-21,26H,3-13H2,1-2H3,(H,25,27)(H,28,29)(H,30,31). The summed E-state index contributed by atoms with van der Waals surface area (Å²) in [5, 5.41) is 22.1. The lowest BCUT2D eigenvalue weighted by molar-refractivity contribution is -0.149. The Kier molecular flexibility index (Phi) is 8.94. The van der Waals surface area contributed by atoms with Crippen molar-refractivity contribution in [1.29, 1.82) is 0 Å². The van der Waals surface area contributed by atoms with E-state index in [2.05, 4.69) is 24.6 Å². The Hall–Kier alpha value is -1.67. The van der Waals surface area contributed by atoms with Crippen LogP contribution in [0.3, 0.4) is 0 Å². The van der Waals surface area contributed by atoms with Gasteiger partial charge in [-0.15, -0.1) is 0 Å². The molecule has 0 aliphatic heterocycles. The van der Waals surface area contributed by atoms with Crippen LogP contribution in [0.1, 0.15) is 78.1 Å². The maximum absolute atomic E-state index is 12.8. The van der Waals surface area contributed by atoms with Crippen LogP contribution in [0.5, 0.6) is 0 Å². The van der Waals surface area contributed by atoms with Crippen LogP contribution >= 0.6 is 0 Å². The second kappa shape index (κ2) is 11.5. The highest BCUT2D eigenvalue weighted by molar-refractivity contribution is 5.85. The van der Waals surface area contributed by atoms with Gasteiger partial charge in [-0.2, -0.15) is 5.48 Å². The predicted molar refractivity (Wildman–Crippen MR) is 119 cm³/mol. The van der Waals surface area contributed by atoms with Crippen LogP contribution in [0, 0.1) is 35.5 Å². The third-order valence-corrected chi connectivity index (χ3v) is 7.95. The fourth-order valence-corrected chi connectivity index (χ4v) is 5.91. The lowest BCUT2D eigenvalue weighted by Gasteiger charge is -2.35. The number of amides is 1. The van der Waals surface area contributed by atoms with Crippen molar-refractivity contribution in [2.24, 2.45) is 35.5 Å². The molecular weight excluding hydrogens is 412 g/mol. The third-order valence-electron chi connectivity index (χ3n) is 7.95. The summed E-state index contributed by atoms with van der Waals surface area (Å²) in [5.41, 5.74) is 3.12. The van der Waals surface area contributed by atoms with Crippen molar-refractivity contribution in [1.82, 2.24) is 10.8 Å². The van der Waals surface area contributed by atoms with Gasteiger partial charge in [0.25, 0.3) is 0 Å². The summed E-state index contributed by atoms with van der Waals surface area (Å²) in [6, 6.07) is 0.261. The second-order valence-electron chi connectivity index (χ2n) is 10.6. The molecule has 6 unspecified atom stereocenters. The highest BCUT2D eigenvalue weighted by Crippen LogP contribution is 2.35. The SMILES string of the molecule is CC1CCC(C(=O)O)C(CONC2CCC(NC(=O)C3CC(C)CCC3C(=O)O)CC2)C1. The molecule has 0 aromatic rings. The van der Waals surface area contributed by atoms with E-state index in [1.54, 1.807) is 0 Å². The molecule has 3 aliphatic rings. The van der Waals surface area contributed by atoms with Gasteiger partial charge in [0.15, 0.2) is 0 Å². The van der Waals surface area contributed by atoms with Crippen molar-refractivity contribution in [3.05, 3.63) is 0 Å². The normalized spacial score (nSPS) is 38.1. The van der Waals surface area contributed by atoms with E-state index < -0.39 is 23.8 Å². The molecule has 3 fully saturated rings. The Morgan fingerprint density at radius 3 is 1.94 bits per heavy atom. The Bertz CT molecular complexity index is 663. The number of hydrogen-bond acceptors (Lipinski definition) is 5. The van der Waals surface area contributed by atoms with E-state index in [-0.39, 0.29) is 29.8 Å². The number of carboxylic acid groups (broad SMARTS) is 2. The molecule has 0 aromatic heterocycles. The third kappa shape index (κ3) is 6.67. The summed E-state index contributed by atoms with van der Waals surface area (Å²) >= 11 is 0. The predicted octanol–water partition coefficient (Wildman–Crippen LogP) is 3.21. The lowest BCUT2D eigenvalue weighted by Crippen LogP contribution is -2.47. The van der Waals surface area contributed by atoms with E-state index in [1.165, 1.54) is 0 Å². The highest BCUT2D eigenvalue weighted by Gasteiger charge is 2.39. The van der Waals surface area contributed by atoms with E-state index in [9.17, 15) is 24.6 Å². The van der Waals surface area contributed by atoms with Gasteiger partial charge in [0.1, 0.15) is 0 Å². The molecule has 32 heavy (non-hydrogen) atoms. The van der Waals surface area contributed by atoms with Crippen LogP contribution in [-0.4, -0.2) is 46.7 Å². The molecule has 0 radical (unpaired) electrons. The summed E-state index contributed by atoms with van der Waals surface area (Å²) < 4.78 is 0. The van der Waals surface area contributed by atoms with Crippen molar-refractivity contribution in [3.8, 4) is 0 Å². The molecule has 0 saturated heterocycles. The van der Waals surface area contributed by atoms with Gasteiger partial charge in [0, 0.05) is 12.1 Å². The zero-order valence-corrected chi connectivity index (χ0v) is 19.4. The first kappa shape index (κ1) is 25.0. The molecule has 3 saturated carbocycles. The summed E-state index contributed by atoms with van der Waals surface area (Å²) in [6.45, 7) is 4.66. The number of carbonyl (C=O) groups excluding carboxylic acids is 1. The average Bonchev–Trinajstić information content (AvgIpc) is 2.74. The van der Waals surface area contributed by atoms with Gasteiger partial charge in [0.05, 0.1) is 24.4 Å². The average molecular weight is 453 g/mol. The first-order valence-electron chi connectivity index (χ1n) is 12.4. The molecule has 3 aliphatic carbocycles. The van der Waals surface area contributed by atoms with Crippen molar-refractivity contribution in [2.75, 3.05) is 6.61 Å². The monoisotopic (exact) mass is 452 g/mol. The fraction of sp³-hybridized carbons (Fsp3) is 0.875. The molecule has 0 heterocycles. The van der Waals surface area contributed by atoms with Crippen LogP contribution in [0.25, 0.3) is 0 Å². The number of rotatable bonds is 8. The minimum absolute atomic E-state index is 0.0412. The van der Waals surface area contributed by atoms with E-state index in [0.717, 1.165) is 51.4 Å². The minimum atomic E-state index is -0.861. The van der Waals surface area contributed by atoms with E-state index >= 15 is 0 Å². The molecule has 0 aromatic carbocycles. The smallest absolute Gasteiger partial charge is 0.307 e. The van der Waals surface area contributed by atoms with Crippen LogP contribution in [0.15, 0.2) is 0 Å². The number of aliphatic carboxylic acids is 2. The Morgan fingerprint density at radius 1 is 0.750 bits per heavy atom. The van der Waals surface area contributed by atoms with E-state index in [1.807, 2.05) is 0 Å². The van der Waals surface area contributed by atoms with E-state index in [4.69, 9.17) is 4.84 Å². The van der Waals surface area contributed by atoms with Gasteiger partial charge in [-0.25, -0.2) is 0 Å². The fourth-order valence-electron chi connectivity index (χ4n) is 5.91. The van der Waals surface area contributed by atoms with Crippen molar-refractivity contribution >= 4 is 17.8 Å². The molecule has 0 bridgehead atoms. The van der Waals surface area contributed by atoms with Crippen molar-refractivity contribution in [2.45, 2.75) is 90.1 Å². The molecule has 6 atom stereocenters. The summed E-state index contributed by atoms with van der Waals surface area (Å²) in [5.74, 6) is -2.07. The number of nitrogens with one attached hydrogen (secondary N) is 2. The number of carbonyl (C=O) groups is 3. The van der Waals surface area contributed by atoms with Crippen LogP contribution in [0.2, 0.25) is 0 Å². The molecule has 1 amide bonds. The zero-order chi connectivity index (χ0) is 23.3. The molecule has 8 heteroatoms. The number of hydroxylamine groups is 1. The number of hydrogen-bond donors (Lipinski definition) is 4. The minimum Gasteiger partial charge on any atom is -0.481 e. The van der Waals surface area contributed by atoms with Gasteiger partial charge in [-0.05, 0) is 82.0 Å². The van der Waals surface area contributed by atoms with Gasteiger partial charge >= 0.3 is 11.9 Å². The van der Waals surface area contributed by atoms with Gasteiger partial charge in [-0.3, -0.25) is 14.4 Å². The largest absolute Gasteiger partial charge is 0.481 e.